The number of nitrogens with zero attached hydrogens (tertiary/aromatic N) is 3. The molecule has 0 bridgehead atoms. The molecule has 0 spiro atoms. The number of aromatic nitrogens is 4. The minimum Gasteiger partial charge on any atom is -0.492 e. The zero-order chi connectivity index (χ0) is 27.8. The molecule has 10 heteroatoms. The smallest absolute Gasteiger partial charge is 0.265 e. The van der Waals surface area contributed by atoms with E-state index >= 15 is 0 Å². The molecule has 4 aromatic rings. The molecule has 0 aliphatic carbocycles. The predicted octanol–water partition coefficient (Wildman–Crippen LogP) is 7.04. The van der Waals surface area contributed by atoms with E-state index in [-0.39, 0.29) is 4.90 Å². The van der Waals surface area contributed by atoms with Crippen molar-refractivity contribution in [2.75, 3.05) is 11.3 Å². The lowest BCUT2D eigenvalue weighted by molar-refractivity contribution is 0.297. The third-order valence-electron chi connectivity index (χ3n) is 6.75. The number of anilines is 1. The molecule has 0 saturated carbocycles. The lowest BCUT2D eigenvalue weighted by Crippen LogP contribution is -2.15. The largest absolute Gasteiger partial charge is 0.492 e. The minimum atomic E-state index is -3.81. The number of nitrogens with one attached hydrogen (secondary N) is 2. The molecule has 0 aliphatic rings. The van der Waals surface area contributed by atoms with Gasteiger partial charge in [-0.1, -0.05) is 68.8 Å². The molecular formula is C29H38ClN5O3S. The maximum atomic E-state index is 13.3. The Hall–Kier alpha value is -3.04. The molecule has 0 saturated heterocycles. The summed E-state index contributed by atoms with van der Waals surface area (Å²) in [5.74, 6) is 1.22. The number of fused-ring (bicyclic) bond motifs is 1. The van der Waals surface area contributed by atoms with Gasteiger partial charge < -0.3 is 4.74 Å². The lowest BCUT2D eigenvalue weighted by atomic mass is 10.1. The normalized spacial score (nSPS) is 11.8. The van der Waals surface area contributed by atoms with Crippen molar-refractivity contribution >= 4 is 33.0 Å². The van der Waals surface area contributed by atoms with Gasteiger partial charge in [-0.15, -0.1) is 10.2 Å². The van der Waals surface area contributed by atoms with Crippen molar-refractivity contribution in [3.05, 3.63) is 70.1 Å². The topological polar surface area (TPSA) is 101 Å². The van der Waals surface area contributed by atoms with Gasteiger partial charge in [-0.3, -0.25) is 9.82 Å². The Morgan fingerprint density at radius 3 is 2.46 bits per heavy atom. The van der Waals surface area contributed by atoms with Crippen molar-refractivity contribution in [2.24, 2.45) is 0 Å². The molecule has 210 valence electrons. The quantitative estimate of drug-likeness (QED) is 0.149. The van der Waals surface area contributed by atoms with Crippen LogP contribution in [0.2, 0.25) is 5.02 Å². The van der Waals surface area contributed by atoms with Crippen LogP contribution >= 0.6 is 11.6 Å². The molecule has 0 atom stereocenters. The second-order valence-electron chi connectivity index (χ2n) is 10.0. The molecular weight excluding hydrogens is 534 g/mol. The number of aromatic amines is 1. The third-order valence-corrected chi connectivity index (χ3v) is 8.61. The van der Waals surface area contributed by atoms with Crippen molar-refractivity contribution in [2.45, 2.75) is 83.5 Å². The Morgan fingerprint density at radius 1 is 0.949 bits per heavy atom. The number of benzene rings is 2. The average molecular weight is 572 g/mol. The van der Waals surface area contributed by atoms with Crippen LogP contribution in [0, 0.1) is 13.8 Å². The van der Waals surface area contributed by atoms with E-state index in [0.717, 1.165) is 54.7 Å². The van der Waals surface area contributed by atoms with Crippen molar-refractivity contribution in [3.8, 4) is 5.75 Å². The van der Waals surface area contributed by atoms with Crippen LogP contribution in [0.4, 0.5) is 5.69 Å². The zero-order valence-electron chi connectivity index (χ0n) is 23.0. The van der Waals surface area contributed by atoms with Crippen LogP contribution in [-0.4, -0.2) is 34.8 Å². The SMILES string of the molecule is CCCCCCCCOc1ccc(C)cc1S(=O)(=O)Nc1ccc(CCCc2nnc3c(Cl)c(C)[nH]n23)cc1. The van der Waals surface area contributed by atoms with E-state index in [1.165, 1.54) is 25.7 Å². The summed E-state index contributed by atoms with van der Waals surface area (Å²) in [6.45, 7) is 6.48. The number of H-pyrrole nitrogens is 1. The number of halogens is 1. The van der Waals surface area contributed by atoms with Crippen LogP contribution in [0.15, 0.2) is 47.4 Å². The molecule has 2 N–H and O–H groups in total. The number of aryl methyl sites for hydroxylation is 4. The molecule has 0 aliphatic heterocycles. The highest BCUT2D eigenvalue weighted by Crippen LogP contribution is 2.28. The van der Waals surface area contributed by atoms with Crippen LogP contribution in [0.5, 0.6) is 5.75 Å². The van der Waals surface area contributed by atoms with Crippen LogP contribution < -0.4 is 9.46 Å². The molecule has 0 amide bonds. The first-order valence-corrected chi connectivity index (χ1v) is 15.6. The fraction of sp³-hybridized carbons (Fsp3) is 0.448. The third kappa shape index (κ3) is 7.54. The summed E-state index contributed by atoms with van der Waals surface area (Å²) in [6.07, 6.45) is 9.30. The fourth-order valence-corrected chi connectivity index (χ4v) is 5.99. The number of sulfonamides is 1. The van der Waals surface area contributed by atoms with Gasteiger partial charge in [0.05, 0.1) is 12.3 Å². The summed E-state index contributed by atoms with van der Waals surface area (Å²) in [6, 6.07) is 12.8. The van der Waals surface area contributed by atoms with Crippen molar-refractivity contribution in [1.82, 2.24) is 19.8 Å². The van der Waals surface area contributed by atoms with Gasteiger partial charge >= 0.3 is 0 Å². The molecule has 0 unspecified atom stereocenters. The molecule has 8 nitrogen and oxygen atoms in total. The van der Waals surface area contributed by atoms with Gasteiger partial charge in [0.2, 0.25) is 0 Å². The first-order chi connectivity index (χ1) is 18.8. The Kier molecular flexibility index (Phi) is 9.91. The molecule has 4 rings (SSSR count). The maximum Gasteiger partial charge on any atom is 0.265 e. The highest BCUT2D eigenvalue weighted by atomic mass is 35.5. The lowest BCUT2D eigenvalue weighted by Gasteiger charge is -2.14. The van der Waals surface area contributed by atoms with Crippen molar-refractivity contribution < 1.29 is 13.2 Å². The van der Waals surface area contributed by atoms with E-state index in [0.29, 0.717) is 28.7 Å². The average Bonchev–Trinajstić information content (AvgIpc) is 3.43. The summed E-state index contributed by atoms with van der Waals surface area (Å²) in [5.41, 5.74) is 3.99. The van der Waals surface area contributed by atoms with E-state index in [9.17, 15) is 8.42 Å². The number of unbranched alkanes of at least 4 members (excludes halogenated alkanes) is 5. The monoisotopic (exact) mass is 571 g/mol. The Balaban J connectivity index is 1.32. The Morgan fingerprint density at radius 2 is 1.69 bits per heavy atom. The van der Waals surface area contributed by atoms with E-state index in [1.54, 1.807) is 24.3 Å². The summed E-state index contributed by atoms with van der Waals surface area (Å²) >= 11 is 6.24. The molecule has 2 heterocycles. The van der Waals surface area contributed by atoms with Gasteiger partial charge in [0.1, 0.15) is 15.7 Å². The predicted molar refractivity (Wildman–Crippen MR) is 156 cm³/mol. The van der Waals surface area contributed by atoms with E-state index in [1.807, 2.05) is 36.6 Å². The number of hydrogen-bond acceptors (Lipinski definition) is 5. The van der Waals surface area contributed by atoms with Gasteiger partial charge in [-0.05, 0) is 68.5 Å². The molecule has 0 fully saturated rings. The summed E-state index contributed by atoms with van der Waals surface area (Å²) in [4.78, 5) is 0.164. The van der Waals surface area contributed by atoms with Crippen molar-refractivity contribution in [1.29, 1.82) is 0 Å². The number of rotatable bonds is 15. The zero-order valence-corrected chi connectivity index (χ0v) is 24.5. The van der Waals surface area contributed by atoms with Crippen LogP contribution in [0.25, 0.3) is 5.65 Å². The highest BCUT2D eigenvalue weighted by Gasteiger charge is 2.20. The first-order valence-electron chi connectivity index (χ1n) is 13.7. The summed E-state index contributed by atoms with van der Waals surface area (Å²) in [5, 5.41) is 12.2. The van der Waals surface area contributed by atoms with E-state index in [4.69, 9.17) is 16.3 Å². The van der Waals surface area contributed by atoms with Crippen LogP contribution in [0.1, 0.15) is 74.5 Å². The van der Waals surface area contributed by atoms with Crippen LogP contribution in [0.3, 0.4) is 0 Å². The first kappa shape index (κ1) is 29.0. The van der Waals surface area contributed by atoms with Gasteiger partial charge in [-0.2, -0.15) is 0 Å². The second kappa shape index (κ2) is 13.3. The molecule has 0 radical (unpaired) electrons. The summed E-state index contributed by atoms with van der Waals surface area (Å²) in [7, 11) is -3.81. The van der Waals surface area contributed by atoms with Gasteiger partial charge in [0.25, 0.3) is 10.0 Å². The molecule has 2 aromatic heterocycles. The molecule has 39 heavy (non-hydrogen) atoms. The number of ether oxygens (including phenoxy) is 1. The standard InChI is InChI=1S/C29H38ClN5O3S/c1-4-5-6-7-8-9-19-38-25-18-13-21(2)20-26(25)39(36,37)34-24-16-14-23(15-17-24)11-10-12-27-31-32-29-28(30)22(3)33-35(27)29/h13-18,20,33-34H,4-12,19H2,1-3H3. The Bertz CT molecular complexity index is 1480. The summed E-state index contributed by atoms with van der Waals surface area (Å²) < 4.78 is 37.0. The van der Waals surface area contributed by atoms with E-state index < -0.39 is 10.0 Å². The Labute approximate surface area is 236 Å². The minimum absolute atomic E-state index is 0.164. The second-order valence-corrected chi connectivity index (χ2v) is 12.1. The van der Waals surface area contributed by atoms with Crippen molar-refractivity contribution in [3.63, 3.8) is 0 Å². The van der Waals surface area contributed by atoms with Gasteiger partial charge in [-0.25, -0.2) is 12.9 Å². The number of hydrogen-bond donors (Lipinski definition) is 2. The van der Waals surface area contributed by atoms with Gasteiger partial charge in [0.15, 0.2) is 11.5 Å². The highest BCUT2D eigenvalue weighted by molar-refractivity contribution is 7.92. The van der Waals surface area contributed by atoms with Gasteiger partial charge in [0, 0.05) is 12.1 Å². The van der Waals surface area contributed by atoms with E-state index in [2.05, 4.69) is 26.9 Å². The van der Waals surface area contributed by atoms with Crippen LogP contribution in [-0.2, 0) is 22.9 Å². The fourth-order valence-electron chi connectivity index (χ4n) is 4.53. The maximum absolute atomic E-state index is 13.3. The molecule has 2 aromatic carbocycles.